The SMILES string of the molecule is O=Cc1cc(I)cc2c1OCC2. The number of benzene rings is 1. The lowest BCUT2D eigenvalue weighted by Crippen LogP contribution is -1.90. The highest BCUT2D eigenvalue weighted by molar-refractivity contribution is 14.1. The average molecular weight is 274 g/mol. The zero-order chi connectivity index (χ0) is 8.55. The molecule has 0 bridgehead atoms. The number of hydrogen-bond donors (Lipinski definition) is 0. The molecule has 0 unspecified atom stereocenters. The van der Waals surface area contributed by atoms with Gasteiger partial charge in [0, 0.05) is 9.99 Å². The molecule has 0 atom stereocenters. The highest BCUT2D eigenvalue weighted by Gasteiger charge is 2.16. The van der Waals surface area contributed by atoms with Crippen LogP contribution < -0.4 is 4.74 Å². The maximum absolute atomic E-state index is 10.6. The number of halogens is 1. The van der Waals surface area contributed by atoms with Crippen LogP contribution in [0.15, 0.2) is 12.1 Å². The van der Waals surface area contributed by atoms with Crippen LogP contribution in [-0.2, 0) is 6.42 Å². The van der Waals surface area contributed by atoms with Gasteiger partial charge in [0.1, 0.15) is 5.75 Å². The smallest absolute Gasteiger partial charge is 0.153 e. The molecule has 1 aromatic rings. The molecule has 0 spiro atoms. The second kappa shape index (κ2) is 3.05. The summed E-state index contributed by atoms with van der Waals surface area (Å²) >= 11 is 2.21. The van der Waals surface area contributed by atoms with Crippen LogP contribution in [0.4, 0.5) is 0 Å². The van der Waals surface area contributed by atoms with Crippen LogP contribution >= 0.6 is 22.6 Å². The number of carbonyl (C=O) groups excluding carboxylic acids is 1. The summed E-state index contributed by atoms with van der Waals surface area (Å²) in [7, 11) is 0. The third-order valence-corrected chi connectivity index (χ3v) is 2.53. The second-order valence-electron chi connectivity index (χ2n) is 2.70. The van der Waals surface area contributed by atoms with E-state index in [1.54, 1.807) is 0 Å². The second-order valence-corrected chi connectivity index (χ2v) is 3.95. The minimum absolute atomic E-state index is 0.675. The van der Waals surface area contributed by atoms with Gasteiger partial charge in [0.25, 0.3) is 0 Å². The Morgan fingerprint density at radius 1 is 1.50 bits per heavy atom. The molecule has 1 aliphatic rings. The minimum atomic E-state index is 0.675. The van der Waals surface area contributed by atoms with E-state index in [-0.39, 0.29) is 0 Å². The van der Waals surface area contributed by atoms with Crippen LogP contribution in [0.3, 0.4) is 0 Å². The summed E-state index contributed by atoms with van der Waals surface area (Å²) in [6.07, 6.45) is 1.78. The fourth-order valence-corrected chi connectivity index (χ4v) is 2.10. The van der Waals surface area contributed by atoms with Crippen LogP contribution in [0.2, 0.25) is 0 Å². The van der Waals surface area contributed by atoms with Gasteiger partial charge < -0.3 is 4.74 Å². The Balaban J connectivity index is 2.62. The van der Waals surface area contributed by atoms with Gasteiger partial charge >= 0.3 is 0 Å². The van der Waals surface area contributed by atoms with Gasteiger partial charge in [-0.15, -0.1) is 0 Å². The van der Waals surface area contributed by atoms with Crippen LogP contribution in [0.25, 0.3) is 0 Å². The van der Waals surface area contributed by atoms with E-state index in [9.17, 15) is 4.79 Å². The molecule has 0 amide bonds. The van der Waals surface area contributed by atoms with E-state index in [4.69, 9.17) is 4.74 Å². The molecule has 3 heteroatoms. The first-order valence-electron chi connectivity index (χ1n) is 3.71. The van der Waals surface area contributed by atoms with E-state index in [1.165, 1.54) is 0 Å². The lowest BCUT2D eigenvalue weighted by molar-refractivity contribution is 0.112. The van der Waals surface area contributed by atoms with Crippen molar-refractivity contribution in [2.45, 2.75) is 6.42 Å². The van der Waals surface area contributed by atoms with Crippen LogP contribution in [-0.4, -0.2) is 12.9 Å². The van der Waals surface area contributed by atoms with Crippen molar-refractivity contribution < 1.29 is 9.53 Å². The molecular weight excluding hydrogens is 267 g/mol. The van der Waals surface area contributed by atoms with Crippen molar-refractivity contribution in [1.82, 2.24) is 0 Å². The molecule has 0 aliphatic carbocycles. The standard InChI is InChI=1S/C9H7IO2/c10-8-3-6-1-2-12-9(6)7(4-8)5-11/h3-5H,1-2H2. The fraction of sp³-hybridized carbons (Fsp3) is 0.222. The summed E-state index contributed by atoms with van der Waals surface area (Å²) in [6, 6.07) is 3.91. The molecule has 0 N–H and O–H groups in total. The van der Waals surface area contributed by atoms with E-state index in [2.05, 4.69) is 28.7 Å². The Kier molecular flexibility index (Phi) is 2.04. The largest absolute Gasteiger partial charge is 0.492 e. The van der Waals surface area contributed by atoms with Crippen LogP contribution in [0.5, 0.6) is 5.75 Å². The molecule has 0 radical (unpaired) electrons. The van der Waals surface area contributed by atoms with Crippen molar-refractivity contribution >= 4 is 28.9 Å². The van der Waals surface area contributed by atoms with E-state index in [1.807, 2.05) is 6.07 Å². The summed E-state index contributed by atoms with van der Waals surface area (Å²) in [5.74, 6) is 0.783. The van der Waals surface area contributed by atoms with Gasteiger partial charge in [0.05, 0.1) is 12.2 Å². The molecule has 0 fully saturated rings. The van der Waals surface area contributed by atoms with Crippen LogP contribution in [0, 0.1) is 3.57 Å². The Bertz CT molecular complexity index is 334. The van der Waals surface area contributed by atoms with Crippen molar-refractivity contribution in [1.29, 1.82) is 0 Å². The predicted octanol–water partition coefficient (Wildman–Crippen LogP) is 2.04. The number of aldehydes is 1. The van der Waals surface area contributed by atoms with Crippen molar-refractivity contribution in [2.24, 2.45) is 0 Å². The van der Waals surface area contributed by atoms with Gasteiger partial charge in [-0.3, -0.25) is 4.79 Å². The molecule has 2 nitrogen and oxygen atoms in total. The summed E-state index contributed by atoms with van der Waals surface area (Å²) < 4.78 is 6.44. The van der Waals surface area contributed by atoms with Crippen molar-refractivity contribution in [2.75, 3.05) is 6.61 Å². The minimum Gasteiger partial charge on any atom is -0.492 e. The molecule has 0 aromatic heterocycles. The number of rotatable bonds is 1. The first-order valence-corrected chi connectivity index (χ1v) is 4.79. The van der Waals surface area contributed by atoms with Crippen molar-refractivity contribution in [3.8, 4) is 5.75 Å². The molecule has 12 heavy (non-hydrogen) atoms. The summed E-state index contributed by atoms with van der Waals surface area (Å²) in [5, 5.41) is 0. The van der Waals surface area contributed by atoms with Gasteiger partial charge in [0.15, 0.2) is 6.29 Å². The number of hydrogen-bond acceptors (Lipinski definition) is 2. The third kappa shape index (κ3) is 1.22. The third-order valence-electron chi connectivity index (χ3n) is 1.90. The van der Waals surface area contributed by atoms with Crippen molar-refractivity contribution in [3.63, 3.8) is 0 Å². The van der Waals surface area contributed by atoms with Gasteiger partial charge in [-0.05, 0) is 40.3 Å². The topological polar surface area (TPSA) is 26.3 Å². The van der Waals surface area contributed by atoms with E-state index < -0.39 is 0 Å². The normalized spacial score (nSPS) is 13.8. The number of fused-ring (bicyclic) bond motifs is 1. The molecule has 0 saturated carbocycles. The first kappa shape index (κ1) is 8.04. The lowest BCUT2D eigenvalue weighted by atomic mass is 10.1. The van der Waals surface area contributed by atoms with E-state index in [0.29, 0.717) is 12.2 Å². The Hall–Kier alpha value is -0.580. The Morgan fingerprint density at radius 3 is 3.08 bits per heavy atom. The molecule has 2 rings (SSSR count). The van der Waals surface area contributed by atoms with Gasteiger partial charge in [-0.1, -0.05) is 0 Å². The van der Waals surface area contributed by atoms with E-state index in [0.717, 1.165) is 27.6 Å². The molecule has 0 saturated heterocycles. The lowest BCUT2D eigenvalue weighted by Gasteiger charge is -2.02. The predicted molar refractivity (Wildman–Crippen MR) is 53.7 cm³/mol. The van der Waals surface area contributed by atoms with Crippen molar-refractivity contribution in [3.05, 3.63) is 26.8 Å². The summed E-state index contributed by atoms with van der Waals surface area (Å²) in [6.45, 7) is 0.705. The highest BCUT2D eigenvalue weighted by atomic mass is 127. The highest BCUT2D eigenvalue weighted by Crippen LogP contribution is 2.30. The molecule has 1 heterocycles. The summed E-state index contributed by atoms with van der Waals surface area (Å²) in [5.41, 5.74) is 1.83. The number of carbonyl (C=O) groups is 1. The quantitative estimate of drug-likeness (QED) is 0.578. The number of ether oxygens (including phenoxy) is 1. The Morgan fingerprint density at radius 2 is 2.33 bits per heavy atom. The average Bonchev–Trinajstić information content (AvgIpc) is 2.50. The zero-order valence-electron chi connectivity index (χ0n) is 6.34. The van der Waals surface area contributed by atoms with Gasteiger partial charge in [-0.2, -0.15) is 0 Å². The van der Waals surface area contributed by atoms with Crippen LogP contribution in [0.1, 0.15) is 15.9 Å². The molecule has 1 aromatic carbocycles. The molecule has 62 valence electrons. The maximum atomic E-state index is 10.6. The summed E-state index contributed by atoms with van der Waals surface area (Å²) in [4.78, 5) is 10.6. The molecule has 1 aliphatic heterocycles. The zero-order valence-corrected chi connectivity index (χ0v) is 8.50. The van der Waals surface area contributed by atoms with Gasteiger partial charge in [0.2, 0.25) is 0 Å². The monoisotopic (exact) mass is 274 g/mol. The fourth-order valence-electron chi connectivity index (χ4n) is 1.39. The maximum Gasteiger partial charge on any atom is 0.153 e. The molecular formula is C9H7IO2. The Labute approximate surface area is 84.1 Å². The first-order chi connectivity index (χ1) is 5.81. The van der Waals surface area contributed by atoms with Gasteiger partial charge in [-0.25, -0.2) is 0 Å². The van der Waals surface area contributed by atoms with E-state index >= 15 is 0 Å².